The average Bonchev–Trinajstić information content (AvgIpc) is 2.73. The van der Waals surface area contributed by atoms with E-state index in [2.05, 4.69) is 10.1 Å². The maximum Gasteiger partial charge on any atom is 0.311 e. The first kappa shape index (κ1) is 12.6. The van der Waals surface area contributed by atoms with Crippen molar-refractivity contribution in [2.24, 2.45) is 7.05 Å². The number of hydrogen-bond donors (Lipinski definition) is 1. The predicted molar refractivity (Wildman–Crippen MR) is 66.5 cm³/mol. The van der Waals surface area contributed by atoms with Crippen molar-refractivity contribution in [3.8, 4) is 0 Å². The second kappa shape index (κ2) is 5.18. The SMILES string of the molecule is Cn1ncnc1CC(C(=O)O)c1ccccc1Cl. The summed E-state index contributed by atoms with van der Waals surface area (Å²) in [5, 5.41) is 13.7. The topological polar surface area (TPSA) is 68.0 Å². The summed E-state index contributed by atoms with van der Waals surface area (Å²) < 4.78 is 1.56. The van der Waals surface area contributed by atoms with Gasteiger partial charge in [0.15, 0.2) is 0 Å². The molecule has 0 amide bonds. The quantitative estimate of drug-likeness (QED) is 0.916. The molecule has 6 heteroatoms. The Labute approximate surface area is 109 Å². The van der Waals surface area contributed by atoms with Gasteiger partial charge in [-0.3, -0.25) is 9.48 Å². The number of benzene rings is 1. The standard InChI is InChI=1S/C12H12ClN3O2/c1-16-11(14-7-15-16)6-9(12(17)18)8-4-2-3-5-10(8)13/h2-5,7,9H,6H2,1H3,(H,17,18). The molecule has 1 aromatic heterocycles. The van der Waals surface area contributed by atoms with E-state index < -0.39 is 11.9 Å². The highest BCUT2D eigenvalue weighted by Gasteiger charge is 2.24. The summed E-state index contributed by atoms with van der Waals surface area (Å²) in [6.07, 6.45) is 1.66. The Bertz CT molecular complexity index is 568. The van der Waals surface area contributed by atoms with Crippen LogP contribution in [0.3, 0.4) is 0 Å². The number of halogens is 1. The van der Waals surface area contributed by atoms with Crippen LogP contribution in [0.15, 0.2) is 30.6 Å². The molecule has 1 N–H and O–H groups in total. The highest BCUT2D eigenvalue weighted by Crippen LogP contribution is 2.27. The zero-order valence-electron chi connectivity index (χ0n) is 9.75. The van der Waals surface area contributed by atoms with Crippen LogP contribution in [0.5, 0.6) is 0 Å². The lowest BCUT2D eigenvalue weighted by molar-refractivity contribution is -0.138. The molecule has 0 radical (unpaired) electrons. The highest BCUT2D eigenvalue weighted by molar-refractivity contribution is 6.31. The summed E-state index contributed by atoms with van der Waals surface area (Å²) in [7, 11) is 1.73. The number of rotatable bonds is 4. The Balaban J connectivity index is 2.33. The lowest BCUT2D eigenvalue weighted by Gasteiger charge is -2.13. The number of aliphatic carboxylic acids is 1. The zero-order chi connectivity index (χ0) is 13.1. The van der Waals surface area contributed by atoms with Gasteiger partial charge >= 0.3 is 5.97 Å². The minimum absolute atomic E-state index is 0.259. The third-order valence-corrected chi connectivity index (χ3v) is 3.11. The summed E-state index contributed by atoms with van der Waals surface area (Å²) in [5.74, 6) is -1.03. The van der Waals surface area contributed by atoms with E-state index >= 15 is 0 Å². The Morgan fingerprint density at radius 3 is 2.78 bits per heavy atom. The number of hydrogen-bond acceptors (Lipinski definition) is 3. The summed E-state index contributed by atoms with van der Waals surface area (Å²) in [4.78, 5) is 15.4. The summed E-state index contributed by atoms with van der Waals surface area (Å²) >= 11 is 6.04. The second-order valence-corrected chi connectivity index (χ2v) is 4.32. The van der Waals surface area contributed by atoms with Gasteiger partial charge in [0.1, 0.15) is 12.2 Å². The van der Waals surface area contributed by atoms with Crippen molar-refractivity contribution in [1.29, 1.82) is 0 Å². The number of aryl methyl sites for hydroxylation is 1. The van der Waals surface area contributed by atoms with Crippen LogP contribution in [-0.4, -0.2) is 25.8 Å². The Morgan fingerprint density at radius 1 is 1.50 bits per heavy atom. The van der Waals surface area contributed by atoms with Crippen molar-refractivity contribution >= 4 is 17.6 Å². The van der Waals surface area contributed by atoms with Gasteiger partial charge in [-0.25, -0.2) is 4.98 Å². The summed E-state index contributed by atoms with van der Waals surface area (Å²) in [5.41, 5.74) is 0.592. The molecule has 1 unspecified atom stereocenters. The molecule has 18 heavy (non-hydrogen) atoms. The Kier molecular flexibility index (Phi) is 3.62. The third-order valence-electron chi connectivity index (χ3n) is 2.77. The maximum absolute atomic E-state index is 11.4. The molecule has 0 fully saturated rings. The van der Waals surface area contributed by atoms with Gasteiger partial charge in [0, 0.05) is 18.5 Å². The normalized spacial score (nSPS) is 12.3. The van der Waals surface area contributed by atoms with Crippen molar-refractivity contribution in [1.82, 2.24) is 14.8 Å². The van der Waals surface area contributed by atoms with Gasteiger partial charge in [-0.15, -0.1) is 0 Å². The van der Waals surface area contributed by atoms with E-state index in [1.165, 1.54) is 6.33 Å². The van der Waals surface area contributed by atoms with E-state index in [0.717, 1.165) is 0 Å². The van der Waals surface area contributed by atoms with Gasteiger partial charge in [-0.2, -0.15) is 5.10 Å². The van der Waals surface area contributed by atoms with Gasteiger partial charge < -0.3 is 5.11 Å². The van der Waals surface area contributed by atoms with Crippen LogP contribution in [0, 0.1) is 0 Å². The number of carboxylic acid groups (broad SMARTS) is 1. The number of nitrogens with zero attached hydrogens (tertiary/aromatic N) is 3. The largest absolute Gasteiger partial charge is 0.481 e. The van der Waals surface area contributed by atoms with E-state index in [0.29, 0.717) is 16.4 Å². The van der Waals surface area contributed by atoms with Crippen molar-refractivity contribution in [3.05, 3.63) is 47.0 Å². The minimum Gasteiger partial charge on any atom is -0.481 e. The number of carbonyl (C=O) groups is 1. The molecule has 0 saturated carbocycles. The van der Waals surface area contributed by atoms with E-state index in [-0.39, 0.29) is 6.42 Å². The second-order valence-electron chi connectivity index (χ2n) is 3.92. The molecule has 2 aromatic rings. The van der Waals surface area contributed by atoms with Crippen LogP contribution in [0.1, 0.15) is 17.3 Å². The van der Waals surface area contributed by atoms with Gasteiger partial charge in [0.2, 0.25) is 0 Å². The minimum atomic E-state index is -0.925. The van der Waals surface area contributed by atoms with Crippen LogP contribution in [-0.2, 0) is 18.3 Å². The van der Waals surface area contributed by atoms with Crippen LogP contribution in [0.4, 0.5) is 0 Å². The van der Waals surface area contributed by atoms with Crippen LogP contribution >= 0.6 is 11.6 Å². The fourth-order valence-electron chi connectivity index (χ4n) is 1.78. The van der Waals surface area contributed by atoms with Gasteiger partial charge in [-0.1, -0.05) is 29.8 Å². The first-order valence-corrected chi connectivity index (χ1v) is 5.77. The maximum atomic E-state index is 11.4. The van der Waals surface area contributed by atoms with Gasteiger partial charge in [-0.05, 0) is 11.6 Å². The van der Waals surface area contributed by atoms with Crippen LogP contribution in [0.2, 0.25) is 5.02 Å². The molecular formula is C12H12ClN3O2. The fraction of sp³-hybridized carbons (Fsp3) is 0.250. The molecule has 1 atom stereocenters. The van der Waals surface area contributed by atoms with Crippen molar-refractivity contribution in [2.75, 3.05) is 0 Å². The van der Waals surface area contributed by atoms with E-state index in [9.17, 15) is 9.90 Å². The molecule has 0 aliphatic carbocycles. The Morgan fingerprint density at radius 2 is 2.22 bits per heavy atom. The first-order valence-electron chi connectivity index (χ1n) is 5.39. The van der Waals surface area contributed by atoms with Crippen molar-refractivity contribution < 1.29 is 9.90 Å². The van der Waals surface area contributed by atoms with E-state index in [1.807, 2.05) is 0 Å². The fourth-order valence-corrected chi connectivity index (χ4v) is 2.04. The molecule has 0 saturated heterocycles. The molecule has 2 rings (SSSR count). The lowest BCUT2D eigenvalue weighted by atomic mass is 9.95. The lowest BCUT2D eigenvalue weighted by Crippen LogP contribution is -2.17. The molecule has 0 spiro atoms. The molecular weight excluding hydrogens is 254 g/mol. The van der Waals surface area contributed by atoms with Gasteiger partial charge in [0.25, 0.3) is 0 Å². The molecule has 94 valence electrons. The van der Waals surface area contributed by atoms with E-state index in [4.69, 9.17) is 11.6 Å². The first-order chi connectivity index (χ1) is 8.59. The molecule has 0 aliphatic rings. The van der Waals surface area contributed by atoms with Crippen LogP contribution in [0.25, 0.3) is 0 Å². The smallest absolute Gasteiger partial charge is 0.311 e. The predicted octanol–water partition coefficient (Wildman–Crippen LogP) is 1.88. The van der Waals surface area contributed by atoms with Crippen LogP contribution < -0.4 is 0 Å². The molecule has 1 heterocycles. The van der Waals surface area contributed by atoms with Crippen molar-refractivity contribution in [2.45, 2.75) is 12.3 Å². The van der Waals surface area contributed by atoms with Gasteiger partial charge in [0.05, 0.1) is 5.92 Å². The number of carboxylic acids is 1. The third kappa shape index (κ3) is 2.51. The molecule has 0 bridgehead atoms. The number of aromatic nitrogens is 3. The van der Waals surface area contributed by atoms with Crippen molar-refractivity contribution in [3.63, 3.8) is 0 Å². The Hall–Kier alpha value is -1.88. The summed E-state index contributed by atoms with van der Waals surface area (Å²) in [6.45, 7) is 0. The average molecular weight is 266 g/mol. The monoisotopic (exact) mass is 265 g/mol. The molecule has 0 aliphatic heterocycles. The summed E-state index contributed by atoms with van der Waals surface area (Å²) in [6, 6.07) is 6.95. The zero-order valence-corrected chi connectivity index (χ0v) is 10.5. The molecule has 5 nitrogen and oxygen atoms in total. The molecule has 1 aromatic carbocycles. The highest BCUT2D eigenvalue weighted by atomic mass is 35.5. The van der Waals surface area contributed by atoms with E-state index in [1.54, 1.807) is 36.0 Å².